The van der Waals surface area contributed by atoms with Crippen molar-refractivity contribution in [3.63, 3.8) is 0 Å². The van der Waals surface area contributed by atoms with E-state index in [0.717, 1.165) is 31.1 Å². The molecule has 1 aliphatic rings. The summed E-state index contributed by atoms with van der Waals surface area (Å²) in [5.41, 5.74) is 0.550. The number of benzene rings is 1. The third kappa shape index (κ3) is 5.76. The maximum absolute atomic E-state index is 12.7. The van der Waals surface area contributed by atoms with Gasteiger partial charge in [-0.25, -0.2) is 0 Å². The summed E-state index contributed by atoms with van der Waals surface area (Å²) in [7, 11) is 0. The van der Waals surface area contributed by atoms with Crippen LogP contribution in [0.5, 0.6) is 5.75 Å². The largest absolute Gasteiger partial charge is 0.573 e. The van der Waals surface area contributed by atoms with Crippen LogP contribution in [0.15, 0.2) is 41.8 Å². The molecule has 9 heteroatoms. The van der Waals surface area contributed by atoms with E-state index in [1.54, 1.807) is 29.5 Å². The molecule has 1 aliphatic heterocycles. The van der Waals surface area contributed by atoms with Crippen molar-refractivity contribution in [2.75, 3.05) is 26.2 Å². The van der Waals surface area contributed by atoms with Crippen molar-refractivity contribution in [1.82, 2.24) is 10.2 Å². The van der Waals surface area contributed by atoms with Gasteiger partial charge in [0, 0.05) is 36.6 Å². The quantitative estimate of drug-likeness (QED) is 0.797. The summed E-state index contributed by atoms with van der Waals surface area (Å²) in [6, 6.07) is 10.1. The molecule has 3 rings (SSSR count). The van der Waals surface area contributed by atoms with Crippen LogP contribution in [0.3, 0.4) is 0 Å². The van der Waals surface area contributed by atoms with Crippen LogP contribution in [0.4, 0.5) is 13.2 Å². The highest BCUT2D eigenvalue weighted by molar-refractivity contribution is 7.10. The molecule has 0 radical (unpaired) electrons. The van der Waals surface area contributed by atoms with Gasteiger partial charge >= 0.3 is 6.36 Å². The third-order valence-corrected chi connectivity index (χ3v) is 4.69. The Hall–Kier alpha value is -0.990. The van der Waals surface area contributed by atoms with Crippen molar-refractivity contribution in [2.24, 2.45) is 0 Å². The van der Waals surface area contributed by atoms with E-state index in [0.29, 0.717) is 5.56 Å². The summed E-state index contributed by atoms with van der Waals surface area (Å²) in [6.45, 7) is 3.21. The molecule has 0 amide bonds. The molecule has 1 aromatic heterocycles. The molecule has 0 spiro atoms. The van der Waals surface area contributed by atoms with Gasteiger partial charge in [0.05, 0.1) is 6.04 Å². The van der Waals surface area contributed by atoms with Crippen LogP contribution < -0.4 is 10.1 Å². The molecule has 1 fully saturated rings. The highest BCUT2D eigenvalue weighted by Crippen LogP contribution is 2.38. The van der Waals surface area contributed by atoms with Gasteiger partial charge in [0.15, 0.2) is 0 Å². The lowest BCUT2D eigenvalue weighted by Crippen LogP contribution is -2.45. The molecule has 0 bridgehead atoms. The standard InChI is InChI=1S/C16H17F3N2OS.2ClH/c17-16(18,19)22-13-5-2-1-4-12(13)15(14-6-3-11-23-14)21-9-7-20-8-10-21;;/h1-6,11,15,20H,7-10H2;2*1H/t15-;;/m1../s1. The first-order chi connectivity index (χ1) is 11.0. The fourth-order valence-electron chi connectivity index (χ4n) is 2.84. The third-order valence-electron chi connectivity index (χ3n) is 3.77. The fraction of sp³-hybridized carbons (Fsp3) is 0.375. The summed E-state index contributed by atoms with van der Waals surface area (Å²) in [4.78, 5) is 3.21. The van der Waals surface area contributed by atoms with Crippen LogP contribution in [-0.4, -0.2) is 37.4 Å². The van der Waals surface area contributed by atoms with E-state index in [9.17, 15) is 13.2 Å². The molecule has 1 atom stereocenters. The Balaban J connectivity index is 0.00000156. The maximum atomic E-state index is 12.7. The molecule has 140 valence electrons. The van der Waals surface area contributed by atoms with Crippen LogP contribution in [0.2, 0.25) is 0 Å². The van der Waals surface area contributed by atoms with Gasteiger partial charge in [-0.2, -0.15) is 0 Å². The first-order valence-electron chi connectivity index (χ1n) is 7.37. The van der Waals surface area contributed by atoms with Crippen molar-refractivity contribution in [2.45, 2.75) is 12.4 Å². The minimum atomic E-state index is -4.69. The zero-order valence-corrected chi connectivity index (χ0v) is 15.6. The minimum Gasteiger partial charge on any atom is -0.405 e. The Kier molecular flexibility index (Phi) is 8.50. The van der Waals surface area contributed by atoms with E-state index in [4.69, 9.17) is 0 Å². The predicted octanol–water partition coefficient (Wildman–Crippen LogP) is 4.48. The van der Waals surface area contributed by atoms with E-state index in [-0.39, 0.29) is 36.6 Å². The van der Waals surface area contributed by atoms with E-state index in [1.807, 2.05) is 17.5 Å². The van der Waals surface area contributed by atoms with Crippen LogP contribution in [0.1, 0.15) is 16.5 Å². The average Bonchev–Trinajstić information content (AvgIpc) is 3.03. The summed E-state index contributed by atoms with van der Waals surface area (Å²) >= 11 is 1.55. The second-order valence-electron chi connectivity index (χ2n) is 5.29. The number of halogens is 5. The molecule has 3 nitrogen and oxygen atoms in total. The van der Waals surface area contributed by atoms with E-state index in [1.165, 1.54) is 6.07 Å². The number of thiophene rings is 1. The molecule has 0 saturated carbocycles. The van der Waals surface area contributed by atoms with Crippen molar-refractivity contribution in [3.8, 4) is 5.75 Å². The first-order valence-corrected chi connectivity index (χ1v) is 8.25. The Labute approximate surface area is 161 Å². The lowest BCUT2D eigenvalue weighted by atomic mass is 10.0. The van der Waals surface area contributed by atoms with Crippen molar-refractivity contribution >= 4 is 36.2 Å². The maximum Gasteiger partial charge on any atom is 0.573 e. The molecular weight excluding hydrogens is 396 g/mol. The normalized spacial score (nSPS) is 16.4. The number of nitrogens with one attached hydrogen (secondary N) is 1. The highest BCUT2D eigenvalue weighted by Gasteiger charge is 2.34. The van der Waals surface area contributed by atoms with E-state index < -0.39 is 6.36 Å². The molecule has 0 unspecified atom stereocenters. The van der Waals surface area contributed by atoms with Gasteiger partial charge in [-0.3, -0.25) is 4.90 Å². The average molecular weight is 415 g/mol. The summed E-state index contributed by atoms with van der Waals surface area (Å²) in [5.74, 6) is -0.128. The topological polar surface area (TPSA) is 24.5 Å². The number of nitrogens with zero attached hydrogens (tertiary/aromatic N) is 1. The zero-order chi connectivity index (χ0) is 16.3. The zero-order valence-electron chi connectivity index (χ0n) is 13.2. The van der Waals surface area contributed by atoms with E-state index >= 15 is 0 Å². The summed E-state index contributed by atoms with van der Waals surface area (Å²) in [5, 5.41) is 5.21. The summed E-state index contributed by atoms with van der Waals surface area (Å²) < 4.78 is 42.4. The molecule has 1 aromatic carbocycles. The van der Waals surface area contributed by atoms with Gasteiger partial charge in [-0.1, -0.05) is 24.3 Å². The fourth-order valence-corrected chi connectivity index (χ4v) is 3.72. The first kappa shape index (κ1) is 22.1. The molecule has 2 aromatic rings. The monoisotopic (exact) mass is 414 g/mol. The highest BCUT2D eigenvalue weighted by atomic mass is 35.5. The van der Waals surface area contributed by atoms with Gasteiger partial charge in [0.2, 0.25) is 0 Å². The minimum absolute atomic E-state index is 0. The molecule has 0 aliphatic carbocycles. The molecule has 1 saturated heterocycles. The van der Waals surface area contributed by atoms with Crippen LogP contribution in [-0.2, 0) is 0 Å². The number of rotatable bonds is 4. The lowest BCUT2D eigenvalue weighted by Gasteiger charge is -2.35. The number of alkyl halides is 3. The van der Waals surface area contributed by atoms with Crippen molar-refractivity contribution in [3.05, 3.63) is 52.2 Å². The van der Waals surface area contributed by atoms with E-state index in [2.05, 4.69) is 15.0 Å². The Morgan fingerprint density at radius 2 is 1.72 bits per heavy atom. The van der Waals surface area contributed by atoms with Gasteiger partial charge in [0.25, 0.3) is 0 Å². The second-order valence-corrected chi connectivity index (χ2v) is 6.27. The Morgan fingerprint density at radius 3 is 2.32 bits per heavy atom. The lowest BCUT2D eigenvalue weighted by molar-refractivity contribution is -0.275. The smallest absolute Gasteiger partial charge is 0.405 e. The van der Waals surface area contributed by atoms with Crippen molar-refractivity contribution in [1.29, 1.82) is 0 Å². The Bertz CT molecular complexity index is 635. The van der Waals surface area contributed by atoms with Crippen LogP contribution >= 0.6 is 36.2 Å². The van der Waals surface area contributed by atoms with Gasteiger partial charge in [0.1, 0.15) is 5.75 Å². The number of piperazine rings is 1. The molecule has 25 heavy (non-hydrogen) atoms. The van der Waals surface area contributed by atoms with Crippen molar-refractivity contribution < 1.29 is 17.9 Å². The van der Waals surface area contributed by atoms with Gasteiger partial charge in [-0.05, 0) is 17.5 Å². The second kappa shape index (κ2) is 9.64. The number of hydrogen-bond acceptors (Lipinski definition) is 4. The summed E-state index contributed by atoms with van der Waals surface area (Å²) in [6.07, 6.45) is -4.69. The van der Waals surface area contributed by atoms with Crippen LogP contribution in [0.25, 0.3) is 0 Å². The number of ether oxygens (including phenoxy) is 1. The molecule has 1 N–H and O–H groups in total. The van der Waals surface area contributed by atoms with Gasteiger partial charge in [-0.15, -0.1) is 49.3 Å². The molecular formula is C16H19Cl2F3N2OS. The SMILES string of the molecule is Cl.Cl.FC(F)(F)Oc1ccccc1[C@H](c1cccs1)N1CCNCC1. The van der Waals surface area contributed by atoms with Crippen LogP contribution in [0, 0.1) is 0 Å². The number of para-hydroxylation sites is 1. The predicted molar refractivity (Wildman–Crippen MR) is 98.2 cm³/mol. The Morgan fingerprint density at radius 1 is 1.04 bits per heavy atom. The van der Waals surface area contributed by atoms with Gasteiger partial charge < -0.3 is 10.1 Å². The number of hydrogen-bond donors (Lipinski definition) is 1. The molecule has 2 heterocycles.